The molecule has 148 valence electrons. The average Bonchev–Trinajstić information content (AvgIpc) is 3.03. The zero-order valence-electron chi connectivity index (χ0n) is 15.5. The highest BCUT2D eigenvalue weighted by molar-refractivity contribution is 6.03. The van der Waals surface area contributed by atoms with Gasteiger partial charge in [-0.05, 0) is 42.5 Å². The fourth-order valence-corrected chi connectivity index (χ4v) is 3.08. The molecule has 0 bridgehead atoms. The number of nitrogens with zero attached hydrogens (tertiary/aromatic N) is 2. The van der Waals surface area contributed by atoms with Gasteiger partial charge < -0.3 is 15.1 Å². The third-order valence-electron chi connectivity index (χ3n) is 4.63. The number of benzene rings is 2. The molecule has 1 saturated heterocycles. The van der Waals surface area contributed by atoms with Crippen LogP contribution in [0.15, 0.2) is 48.5 Å². The van der Waals surface area contributed by atoms with Crippen LogP contribution in [-0.4, -0.2) is 32.5 Å². The molecule has 28 heavy (non-hydrogen) atoms. The monoisotopic (exact) mass is 391 g/mol. The number of halogens is 3. The van der Waals surface area contributed by atoms with Crippen LogP contribution in [0, 0.1) is 5.92 Å². The topological polar surface area (TPSA) is 52.6 Å². The van der Waals surface area contributed by atoms with Gasteiger partial charge in [-0.3, -0.25) is 9.59 Å². The number of rotatable bonds is 4. The van der Waals surface area contributed by atoms with Crippen molar-refractivity contribution in [2.45, 2.75) is 12.6 Å². The first-order valence-electron chi connectivity index (χ1n) is 8.71. The molecule has 0 saturated carbocycles. The number of anilines is 3. The average molecular weight is 391 g/mol. The standard InChI is InChI=1S/C20H20F3N3O2/c1-25(2)16-6-8-17(9-7-16)26-12-13(10-18(26)27)19(28)24-15-5-3-4-14(11-15)20(21,22)23/h3-9,11,13H,10,12H2,1-2H3,(H,24,28). The second-order valence-electron chi connectivity index (χ2n) is 6.88. The summed E-state index contributed by atoms with van der Waals surface area (Å²) in [5, 5.41) is 2.49. The number of alkyl halides is 3. The number of amides is 2. The Balaban J connectivity index is 1.68. The first kappa shape index (κ1) is 19.7. The molecule has 1 atom stereocenters. The van der Waals surface area contributed by atoms with Gasteiger partial charge >= 0.3 is 6.18 Å². The predicted octanol–water partition coefficient (Wildman–Crippen LogP) is 3.76. The van der Waals surface area contributed by atoms with Crippen molar-refractivity contribution in [3.63, 3.8) is 0 Å². The Morgan fingerprint density at radius 1 is 1.14 bits per heavy atom. The van der Waals surface area contributed by atoms with Gasteiger partial charge in [0.25, 0.3) is 0 Å². The number of hydrogen-bond donors (Lipinski definition) is 1. The van der Waals surface area contributed by atoms with Crippen LogP contribution in [0.2, 0.25) is 0 Å². The van der Waals surface area contributed by atoms with Crippen LogP contribution in [0.1, 0.15) is 12.0 Å². The zero-order valence-corrected chi connectivity index (χ0v) is 15.5. The molecule has 0 aliphatic carbocycles. The summed E-state index contributed by atoms with van der Waals surface area (Å²) in [4.78, 5) is 28.3. The van der Waals surface area contributed by atoms with Gasteiger partial charge in [0.15, 0.2) is 0 Å². The van der Waals surface area contributed by atoms with E-state index >= 15 is 0 Å². The lowest BCUT2D eigenvalue weighted by Gasteiger charge is -2.19. The largest absolute Gasteiger partial charge is 0.416 e. The molecule has 1 aliphatic heterocycles. The molecule has 0 spiro atoms. The highest BCUT2D eigenvalue weighted by atomic mass is 19.4. The molecule has 2 aromatic carbocycles. The first-order valence-corrected chi connectivity index (χ1v) is 8.71. The van der Waals surface area contributed by atoms with Crippen molar-refractivity contribution in [1.82, 2.24) is 0 Å². The van der Waals surface area contributed by atoms with Crippen LogP contribution in [0.5, 0.6) is 0 Å². The molecule has 8 heteroatoms. The van der Waals surface area contributed by atoms with Gasteiger partial charge in [-0.2, -0.15) is 13.2 Å². The van der Waals surface area contributed by atoms with Crippen molar-refractivity contribution in [3.05, 3.63) is 54.1 Å². The van der Waals surface area contributed by atoms with Gasteiger partial charge in [-0.1, -0.05) is 6.07 Å². The molecule has 1 unspecified atom stereocenters. The maximum absolute atomic E-state index is 12.8. The second kappa shape index (κ2) is 7.53. The van der Waals surface area contributed by atoms with E-state index in [4.69, 9.17) is 0 Å². The molecule has 1 heterocycles. The lowest BCUT2D eigenvalue weighted by atomic mass is 10.1. The van der Waals surface area contributed by atoms with Gasteiger partial charge in [0, 0.05) is 44.1 Å². The molecular weight excluding hydrogens is 371 g/mol. The van der Waals surface area contributed by atoms with Crippen molar-refractivity contribution in [1.29, 1.82) is 0 Å². The van der Waals surface area contributed by atoms with E-state index in [-0.39, 0.29) is 24.6 Å². The Labute approximate surface area is 160 Å². The van der Waals surface area contributed by atoms with E-state index in [0.29, 0.717) is 5.69 Å². The Bertz CT molecular complexity index is 879. The Morgan fingerprint density at radius 3 is 2.43 bits per heavy atom. The summed E-state index contributed by atoms with van der Waals surface area (Å²) in [5.74, 6) is -1.29. The minimum absolute atomic E-state index is 0.0141. The summed E-state index contributed by atoms with van der Waals surface area (Å²) in [6, 6.07) is 11.8. The highest BCUT2D eigenvalue weighted by Gasteiger charge is 2.35. The number of carbonyl (C=O) groups is 2. The number of carbonyl (C=O) groups excluding carboxylic acids is 2. The van der Waals surface area contributed by atoms with Gasteiger partial charge in [0.1, 0.15) is 0 Å². The summed E-state index contributed by atoms with van der Waals surface area (Å²) in [6.07, 6.45) is -4.47. The van der Waals surface area contributed by atoms with Gasteiger partial charge in [0.05, 0.1) is 11.5 Å². The molecule has 2 aromatic rings. The summed E-state index contributed by atoms with van der Waals surface area (Å²) in [7, 11) is 3.81. The van der Waals surface area contributed by atoms with Crippen LogP contribution in [-0.2, 0) is 15.8 Å². The highest BCUT2D eigenvalue weighted by Crippen LogP contribution is 2.31. The number of nitrogens with one attached hydrogen (secondary N) is 1. The van der Waals surface area contributed by atoms with E-state index in [1.54, 1.807) is 12.1 Å². The lowest BCUT2D eigenvalue weighted by Crippen LogP contribution is -2.28. The van der Waals surface area contributed by atoms with Crippen LogP contribution >= 0.6 is 0 Å². The second-order valence-corrected chi connectivity index (χ2v) is 6.88. The number of hydrogen-bond acceptors (Lipinski definition) is 3. The minimum Gasteiger partial charge on any atom is -0.378 e. The van der Waals surface area contributed by atoms with E-state index in [0.717, 1.165) is 17.8 Å². The van der Waals surface area contributed by atoms with Crippen LogP contribution in [0.25, 0.3) is 0 Å². The van der Waals surface area contributed by atoms with E-state index < -0.39 is 23.6 Å². The third kappa shape index (κ3) is 4.27. The van der Waals surface area contributed by atoms with Crippen molar-refractivity contribution in [3.8, 4) is 0 Å². The van der Waals surface area contributed by atoms with E-state index in [2.05, 4.69) is 5.32 Å². The van der Waals surface area contributed by atoms with E-state index in [1.165, 1.54) is 17.0 Å². The minimum atomic E-state index is -4.49. The maximum atomic E-state index is 12.8. The fourth-order valence-electron chi connectivity index (χ4n) is 3.08. The summed E-state index contributed by atoms with van der Waals surface area (Å²) >= 11 is 0. The van der Waals surface area contributed by atoms with Crippen molar-refractivity contribution in [2.75, 3.05) is 35.8 Å². The SMILES string of the molecule is CN(C)c1ccc(N2CC(C(=O)Nc3cccc(C(F)(F)F)c3)CC2=O)cc1. The fraction of sp³-hybridized carbons (Fsp3) is 0.300. The smallest absolute Gasteiger partial charge is 0.378 e. The maximum Gasteiger partial charge on any atom is 0.416 e. The Hall–Kier alpha value is -3.03. The molecule has 2 amide bonds. The van der Waals surface area contributed by atoms with Crippen LogP contribution in [0.3, 0.4) is 0 Å². The van der Waals surface area contributed by atoms with Crippen molar-refractivity contribution in [2.24, 2.45) is 5.92 Å². The molecule has 1 fully saturated rings. The lowest BCUT2D eigenvalue weighted by molar-refractivity contribution is -0.137. The third-order valence-corrected chi connectivity index (χ3v) is 4.63. The summed E-state index contributed by atoms with van der Waals surface area (Å²) < 4.78 is 38.4. The molecule has 1 N–H and O–H groups in total. The summed E-state index contributed by atoms with van der Waals surface area (Å²) in [5.41, 5.74) is 0.885. The van der Waals surface area contributed by atoms with Crippen molar-refractivity contribution < 1.29 is 22.8 Å². The van der Waals surface area contributed by atoms with E-state index in [9.17, 15) is 22.8 Å². The quantitative estimate of drug-likeness (QED) is 0.864. The molecule has 0 radical (unpaired) electrons. The molecule has 1 aliphatic rings. The van der Waals surface area contributed by atoms with Crippen molar-refractivity contribution >= 4 is 28.9 Å². The molecule has 0 aromatic heterocycles. The predicted molar refractivity (Wildman–Crippen MR) is 101 cm³/mol. The molecular formula is C20H20F3N3O2. The Kier molecular flexibility index (Phi) is 5.31. The van der Waals surface area contributed by atoms with Gasteiger partial charge in [0.2, 0.25) is 11.8 Å². The van der Waals surface area contributed by atoms with Crippen LogP contribution in [0.4, 0.5) is 30.2 Å². The van der Waals surface area contributed by atoms with E-state index in [1.807, 2.05) is 31.1 Å². The first-order chi connectivity index (χ1) is 13.1. The normalized spacial score (nSPS) is 17.0. The van der Waals surface area contributed by atoms with Gasteiger partial charge in [-0.15, -0.1) is 0 Å². The van der Waals surface area contributed by atoms with Crippen LogP contribution < -0.4 is 15.1 Å². The molecule has 3 rings (SSSR count). The summed E-state index contributed by atoms with van der Waals surface area (Å²) in [6.45, 7) is 0.185. The molecule has 5 nitrogen and oxygen atoms in total. The zero-order chi connectivity index (χ0) is 20.5. The van der Waals surface area contributed by atoms with Gasteiger partial charge in [-0.25, -0.2) is 0 Å². The Morgan fingerprint density at radius 2 is 1.82 bits per heavy atom.